The maximum Gasteiger partial charge on any atom is 0.253 e. The molecule has 1 heterocycles. The number of hydrogen-bond acceptors (Lipinski definition) is 4. The van der Waals surface area contributed by atoms with Gasteiger partial charge in [0.25, 0.3) is 5.91 Å². The highest BCUT2D eigenvalue weighted by Crippen LogP contribution is 2.17. The Hall–Kier alpha value is -2.66. The summed E-state index contributed by atoms with van der Waals surface area (Å²) < 4.78 is 5.13. The highest BCUT2D eigenvalue weighted by Gasteiger charge is 2.23. The summed E-state index contributed by atoms with van der Waals surface area (Å²) in [6.07, 6.45) is 0. The molecule has 1 aliphatic rings. The number of amides is 1. The number of Topliss-reactive ketones (excluding diaryl/α,β-unsaturated/α-hetero) is 1. The lowest BCUT2D eigenvalue weighted by atomic mass is 10.0. The van der Waals surface area contributed by atoms with E-state index in [1.165, 1.54) is 5.56 Å². The molecular weight excluding hydrogens is 352 g/mol. The molecule has 0 bridgehead atoms. The largest absolute Gasteiger partial charge is 0.497 e. The molecule has 1 aliphatic heterocycles. The Morgan fingerprint density at radius 2 is 1.46 bits per heavy atom. The molecule has 5 heteroatoms. The Morgan fingerprint density at radius 3 is 2.00 bits per heavy atom. The van der Waals surface area contributed by atoms with Crippen LogP contribution in [-0.2, 0) is 0 Å². The van der Waals surface area contributed by atoms with E-state index in [1.807, 2.05) is 29.2 Å². The second-order valence-electron chi connectivity index (χ2n) is 7.50. The SMILES string of the molecule is COc1ccc(C(=O)CN2CCN(C(=O)c3ccc(C(C)C)cc3)CC2)cc1. The Kier molecular flexibility index (Phi) is 6.47. The maximum absolute atomic E-state index is 12.7. The molecule has 0 saturated carbocycles. The second kappa shape index (κ2) is 9.02. The summed E-state index contributed by atoms with van der Waals surface area (Å²) in [5.74, 6) is 1.35. The molecule has 2 aromatic rings. The van der Waals surface area contributed by atoms with Crippen molar-refractivity contribution in [2.24, 2.45) is 0 Å². The first kappa shape index (κ1) is 20.1. The predicted octanol–water partition coefficient (Wildman–Crippen LogP) is 3.46. The zero-order chi connectivity index (χ0) is 20.1. The number of nitrogens with zero attached hydrogens (tertiary/aromatic N) is 2. The minimum atomic E-state index is 0.0661. The van der Waals surface area contributed by atoms with Crippen LogP contribution in [0.3, 0.4) is 0 Å². The minimum Gasteiger partial charge on any atom is -0.497 e. The standard InChI is InChI=1S/C23H28N2O3/c1-17(2)18-4-6-20(7-5-18)23(27)25-14-12-24(13-15-25)16-22(26)19-8-10-21(28-3)11-9-19/h4-11,17H,12-16H2,1-3H3. The molecule has 1 amide bonds. The van der Waals surface area contributed by atoms with Crippen molar-refractivity contribution in [2.75, 3.05) is 39.8 Å². The van der Waals surface area contributed by atoms with Gasteiger partial charge in [-0.15, -0.1) is 0 Å². The zero-order valence-electron chi connectivity index (χ0n) is 16.9. The Bertz CT molecular complexity index is 805. The van der Waals surface area contributed by atoms with Gasteiger partial charge in [0, 0.05) is 37.3 Å². The van der Waals surface area contributed by atoms with E-state index in [4.69, 9.17) is 4.74 Å². The van der Waals surface area contributed by atoms with Crippen LogP contribution >= 0.6 is 0 Å². The molecular formula is C23H28N2O3. The number of methoxy groups -OCH3 is 1. The Balaban J connectivity index is 1.52. The van der Waals surface area contributed by atoms with E-state index in [9.17, 15) is 9.59 Å². The third-order valence-corrected chi connectivity index (χ3v) is 5.26. The fourth-order valence-corrected chi connectivity index (χ4v) is 3.37. The van der Waals surface area contributed by atoms with Gasteiger partial charge in [0.05, 0.1) is 13.7 Å². The quantitative estimate of drug-likeness (QED) is 0.720. The van der Waals surface area contributed by atoms with Crippen LogP contribution in [0.5, 0.6) is 5.75 Å². The number of carbonyl (C=O) groups excluding carboxylic acids is 2. The molecule has 1 fully saturated rings. The van der Waals surface area contributed by atoms with Gasteiger partial charge in [-0.25, -0.2) is 0 Å². The van der Waals surface area contributed by atoms with Crippen molar-refractivity contribution in [3.63, 3.8) is 0 Å². The summed E-state index contributed by atoms with van der Waals surface area (Å²) in [6.45, 7) is 7.35. The molecule has 5 nitrogen and oxygen atoms in total. The van der Waals surface area contributed by atoms with Crippen molar-refractivity contribution in [2.45, 2.75) is 19.8 Å². The lowest BCUT2D eigenvalue weighted by Crippen LogP contribution is -2.49. The van der Waals surface area contributed by atoms with E-state index < -0.39 is 0 Å². The van der Waals surface area contributed by atoms with Crippen molar-refractivity contribution >= 4 is 11.7 Å². The number of hydrogen-bond donors (Lipinski definition) is 0. The van der Waals surface area contributed by atoms with Crippen molar-refractivity contribution < 1.29 is 14.3 Å². The van der Waals surface area contributed by atoms with E-state index in [-0.39, 0.29) is 11.7 Å². The molecule has 1 saturated heterocycles. The summed E-state index contributed by atoms with van der Waals surface area (Å²) in [5.41, 5.74) is 2.65. The summed E-state index contributed by atoms with van der Waals surface area (Å²) in [4.78, 5) is 29.2. The number of ether oxygens (including phenoxy) is 1. The normalized spacial score (nSPS) is 14.9. The topological polar surface area (TPSA) is 49.9 Å². The van der Waals surface area contributed by atoms with Crippen molar-refractivity contribution in [3.8, 4) is 5.75 Å². The Morgan fingerprint density at radius 1 is 0.893 bits per heavy atom. The summed E-state index contributed by atoms with van der Waals surface area (Å²) in [7, 11) is 1.61. The third-order valence-electron chi connectivity index (χ3n) is 5.26. The molecule has 0 aliphatic carbocycles. The zero-order valence-corrected chi connectivity index (χ0v) is 16.9. The monoisotopic (exact) mass is 380 g/mol. The van der Waals surface area contributed by atoms with Gasteiger partial charge < -0.3 is 9.64 Å². The lowest BCUT2D eigenvalue weighted by Gasteiger charge is -2.34. The van der Waals surface area contributed by atoms with Crippen LogP contribution in [0.1, 0.15) is 46.0 Å². The number of rotatable bonds is 6. The van der Waals surface area contributed by atoms with Gasteiger partial charge in [0.2, 0.25) is 0 Å². The average molecular weight is 380 g/mol. The van der Waals surface area contributed by atoms with Crippen LogP contribution in [0.2, 0.25) is 0 Å². The van der Waals surface area contributed by atoms with Crippen LogP contribution in [0, 0.1) is 0 Å². The van der Waals surface area contributed by atoms with Crippen LogP contribution < -0.4 is 4.74 Å². The van der Waals surface area contributed by atoms with Crippen LogP contribution in [0.25, 0.3) is 0 Å². The second-order valence-corrected chi connectivity index (χ2v) is 7.50. The number of benzene rings is 2. The maximum atomic E-state index is 12.7. The van der Waals surface area contributed by atoms with Gasteiger partial charge in [0.15, 0.2) is 5.78 Å². The van der Waals surface area contributed by atoms with Crippen molar-refractivity contribution in [3.05, 3.63) is 65.2 Å². The molecule has 0 aromatic heterocycles. The first-order valence-corrected chi connectivity index (χ1v) is 9.77. The summed E-state index contributed by atoms with van der Waals surface area (Å²) in [5, 5.41) is 0. The van der Waals surface area contributed by atoms with Gasteiger partial charge in [-0.3, -0.25) is 14.5 Å². The number of carbonyl (C=O) groups is 2. The fourth-order valence-electron chi connectivity index (χ4n) is 3.37. The lowest BCUT2D eigenvalue weighted by molar-refractivity contribution is 0.0624. The minimum absolute atomic E-state index is 0.0661. The van der Waals surface area contributed by atoms with Gasteiger partial charge in [-0.1, -0.05) is 26.0 Å². The van der Waals surface area contributed by atoms with E-state index in [0.717, 1.165) is 11.3 Å². The highest BCUT2D eigenvalue weighted by molar-refractivity contribution is 5.97. The van der Waals surface area contributed by atoms with Gasteiger partial charge in [-0.05, 0) is 47.9 Å². The smallest absolute Gasteiger partial charge is 0.253 e. The van der Waals surface area contributed by atoms with E-state index in [0.29, 0.717) is 44.2 Å². The first-order chi connectivity index (χ1) is 13.5. The molecule has 0 radical (unpaired) electrons. The fraction of sp³-hybridized carbons (Fsp3) is 0.391. The highest BCUT2D eigenvalue weighted by atomic mass is 16.5. The van der Waals surface area contributed by atoms with E-state index >= 15 is 0 Å². The molecule has 28 heavy (non-hydrogen) atoms. The van der Waals surface area contributed by atoms with Crippen molar-refractivity contribution in [1.82, 2.24) is 9.80 Å². The summed E-state index contributed by atoms with van der Waals surface area (Å²) >= 11 is 0. The van der Waals surface area contributed by atoms with Gasteiger partial charge in [-0.2, -0.15) is 0 Å². The van der Waals surface area contributed by atoms with Crippen LogP contribution in [0.4, 0.5) is 0 Å². The number of piperazine rings is 1. The van der Waals surface area contributed by atoms with Gasteiger partial charge >= 0.3 is 0 Å². The van der Waals surface area contributed by atoms with Gasteiger partial charge in [0.1, 0.15) is 5.75 Å². The summed E-state index contributed by atoms with van der Waals surface area (Å²) in [6, 6.07) is 15.1. The molecule has 148 valence electrons. The molecule has 2 aromatic carbocycles. The average Bonchev–Trinajstić information content (AvgIpc) is 2.74. The van der Waals surface area contributed by atoms with Crippen LogP contribution in [0.15, 0.2) is 48.5 Å². The molecule has 0 N–H and O–H groups in total. The predicted molar refractivity (Wildman–Crippen MR) is 110 cm³/mol. The molecule has 3 rings (SSSR count). The first-order valence-electron chi connectivity index (χ1n) is 9.77. The third kappa shape index (κ3) is 4.78. The van der Waals surface area contributed by atoms with E-state index in [1.54, 1.807) is 31.4 Å². The van der Waals surface area contributed by atoms with E-state index in [2.05, 4.69) is 18.7 Å². The Labute approximate surface area is 166 Å². The number of ketones is 1. The molecule has 0 unspecified atom stereocenters. The van der Waals surface area contributed by atoms with Crippen molar-refractivity contribution in [1.29, 1.82) is 0 Å². The molecule has 0 atom stereocenters. The van der Waals surface area contributed by atoms with Crippen LogP contribution in [-0.4, -0.2) is 61.3 Å². The molecule has 0 spiro atoms.